The lowest BCUT2D eigenvalue weighted by molar-refractivity contribution is -0.524. The van der Waals surface area contributed by atoms with E-state index in [9.17, 15) is 18.5 Å². The Bertz CT molecular complexity index is 875. The van der Waals surface area contributed by atoms with Crippen molar-refractivity contribution in [3.63, 3.8) is 0 Å². The molecule has 0 spiro atoms. The van der Waals surface area contributed by atoms with E-state index in [0.717, 1.165) is 15.4 Å². The zero-order valence-electron chi connectivity index (χ0n) is 12.8. The van der Waals surface area contributed by atoms with Crippen LogP contribution in [0.1, 0.15) is 22.7 Å². The first-order valence-electron chi connectivity index (χ1n) is 7.15. The van der Waals surface area contributed by atoms with Gasteiger partial charge < -0.3 is 0 Å². The van der Waals surface area contributed by atoms with Gasteiger partial charge in [0.1, 0.15) is 6.54 Å². The summed E-state index contributed by atoms with van der Waals surface area (Å²) in [5.74, 6) is 0. The van der Waals surface area contributed by atoms with Crippen molar-refractivity contribution in [2.45, 2.75) is 24.8 Å². The molecule has 1 unspecified atom stereocenters. The highest BCUT2D eigenvalue weighted by Crippen LogP contribution is 2.41. The first-order chi connectivity index (χ1) is 10.8. The maximum Gasteiger partial charge on any atom is 0.264 e. The van der Waals surface area contributed by atoms with Gasteiger partial charge in [-0.1, -0.05) is 29.8 Å². The van der Waals surface area contributed by atoms with E-state index in [1.165, 1.54) is 12.1 Å². The van der Waals surface area contributed by atoms with Crippen molar-refractivity contribution in [1.82, 2.24) is 0 Å². The van der Waals surface area contributed by atoms with Crippen LogP contribution in [0, 0.1) is 24.0 Å². The summed E-state index contributed by atoms with van der Waals surface area (Å²) in [5.41, 5.74) is 2.55. The predicted octanol–water partition coefficient (Wildman–Crippen LogP) is 2.83. The molecule has 0 fully saturated rings. The van der Waals surface area contributed by atoms with Crippen molar-refractivity contribution < 1.29 is 13.3 Å². The lowest BCUT2D eigenvalue weighted by Gasteiger charge is -2.19. The number of rotatable bonds is 3. The van der Waals surface area contributed by atoms with Crippen LogP contribution in [0.4, 0.5) is 5.69 Å². The lowest BCUT2D eigenvalue weighted by Crippen LogP contribution is -2.31. The molecule has 0 saturated carbocycles. The summed E-state index contributed by atoms with van der Waals surface area (Å²) in [6.45, 7) is 3.45. The number of benzene rings is 2. The molecule has 6 nitrogen and oxygen atoms in total. The Kier molecular flexibility index (Phi) is 3.60. The average Bonchev–Trinajstić information content (AvgIpc) is 2.89. The largest absolute Gasteiger partial charge is 0.264 e. The molecule has 23 heavy (non-hydrogen) atoms. The third kappa shape index (κ3) is 2.46. The third-order valence-electron chi connectivity index (χ3n) is 4.11. The van der Waals surface area contributed by atoms with Crippen LogP contribution in [0.25, 0.3) is 0 Å². The first kappa shape index (κ1) is 15.5. The second-order valence-corrected chi connectivity index (χ2v) is 7.52. The van der Waals surface area contributed by atoms with E-state index in [1.807, 2.05) is 6.92 Å². The first-order valence-corrected chi connectivity index (χ1v) is 8.59. The summed E-state index contributed by atoms with van der Waals surface area (Å²) in [4.78, 5) is 11.1. The van der Waals surface area contributed by atoms with Crippen molar-refractivity contribution in [3.8, 4) is 0 Å². The zero-order valence-corrected chi connectivity index (χ0v) is 13.6. The third-order valence-corrected chi connectivity index (χ3v) is 5.90. The number of fused-ring (bicyclic) bond motifs is 1. The molecule has 0 saturated heterocycles. The molecule has 1 heterocycles. The van der Waals surface area contributed by atoms with Crippen molar-refractivity contribution in [2.24, 2.45) is 0 Å². The van der Waals surface area contributed by atoms with E-state index >= 15 is 0 Å². The maximum atomic E-state index is 12.9. The number of hydrogen-bond acceptors (Lipinski definition) is 4. The van der Waals surface area contributed by atoms with Crippen LogP contribution in [0.3, 0.4) is 0 Å². The highest BCUT2D eigenvalue weighted by molar-refractivity contribution is 7.92. The van der Waals surface area contributed by atoms with Crippen molar-refractivity contribution in [2.75, 3.05) is 10.8 Å². The number of aryl methyl sites for hydroxylation is 2. The normalized spacial score (nSPS) is 17.1. The molecule has 0 aromatic heterocycles. The minimum atomic E-state index is -3.82. The van der Waals surface area contributed by atoms with Gasteiger partial charge in [0, 0.05) is 4.92 Å². The molecule has 1 aliphatic rings. The smallest absolute Gasteiger partial charge is 0.264 e. The fraction of sp³-hybridized carbons (Fsp3) is 0.250. The van der Waals surface area contributed by atoms with Gasteiger partial charge >= 0.3 is 0 Å². The van der Waals surface area contributed by atoms with Crippen molar-refractivity contribution in [3.05, 3.63) is 69.3 Å². The Hall–Kier alpha value is -2.41. The number of sulfonamides is 1. The Balaban J connectivity index is 2.13. The molecule has 0 radical (unpaired) electrons. The Labute approximate surface area is 134 Å². The number of anilines is 1. The van der Waals surface area contributed by atoms with Crippen LogP contribution in [0.5, 0.6) is 0 Å². The van der Waals surface area contributed by atoms with E-state index in [2.05, 4.69) is 0 Å². The molecule has 2 aromatic rings. The topological polar surface area (TPSA) is 80.5 Å². The van der Waals surface area contributed by atoms with Gasteiger partial charge in [0.05, 0.1) is 16.1 Å². The van der Waals surface area contributed by atoms with Gasteiger partial charge in [-0.2, -0.15) is 0 Å². The average molecular weight is 332 g/mol. The fourth-order valence-corrected chi connectivity index (χ4v) is 4.39. The van der Waals surface area contributed by atoms with E-state index in [1.54, 1.807) is 37.3 Å². The zero-order chi connectivity index (χ0) is 16.8. The molecule has 0 bridgehead atoms. The molecular formula is C16H16N2O4S. The highest BCUT2D eigenvalue weighted by Gasteiger charge is 2.43. The number of nitro groups is 1. The van der Waals surface area contributed by atoms with Gasteiger partial charge in [-0.15, -0.1) is 0 Å². The SMILES string of the molecule is Cc1ccc(S(=O)(=O)N2CC([N+](=O)[O-])c3c(C)cccc32)cc1. The van der Waals surface area contributed by atoms with Gasteiger partial charge in [-0.05, 0) is 37.6 Å². The van der Waals surface area contributed by atoms with Gasteiger partial charge in [-0.25, -0.2) is 8.42 Å². The van der Waals surface area contributed by atoms with Crippen LogP contribution >= 0.6 is 0 Å². The molecule has 1 aliphatic heterocycles. The molecule has 0 aliphatic carbocycles. The molecule has 0 amide bonds. The summed E-state index contributed by atoms with van der Waals surface area (Å²) < 4.78 is 26.9. The molecule has 3 rings (SSSR count). The Morgan fingerprint density at radius 1 is 1.13 bits per heavy atom. The number of nitrogens with zero attached hydrogens (tertiary/aromatic N) is 2. The molecule has 1 atom stereocenters. The van der Waals surface area contributed by atoms with Gasteiger partial charge in [0.25, 0.3) is 16.1 Å². The van der Waals surface area contributed by atoms with E-state index < -0.39 is 21.0 Å². The summed E-state index contributed by atoms with van der Waals surface area (Å²) in [5, 5.41) is 11.4. The highest BCUT2D eigenvalue weighted by atomic mass is 32.2. The minimum absolute atomic E-state index is 0.138. The molecule has 120 valence electrons. The van der Waals surface area contributed by atoms with E-state index in [0.29, 0.717) is 11.3 Å². The Morgan fingerprint density at radius 3 is 2.39 bits per heavy atom. The van der Waals surface area contributed by atoms with Crippen LogP contribution in [-0.4, -0.2) is 19.9 Å². The standard InChI is InChI=1S/C16H16N2O4S/c1-11-6-8-13(9-7-11)23(21,22)17-10-15(18(19)20)16-12(2)4-3-5-14(16)17/h3-9,15H,10H2,1-2H3. The predicted molar refractivity (Wildman–Crippen MR) is 86.6 cm³/mol. The lowest BCUT2D eigenvalue weighted by atomic mass is 10.0. The molecule has 7 heteroatoms. The summed E-state index contributed by atoms with van der Waals surface area (Å²) >= 11 is 0. The molecular weight excluding hydrogens is 316 g/mol. The quantitative estimate of drug-likeness (QED) is 0.639. The van der Waals surface area contributed by atoms with E-state index in [4.69, 9.17) is 0 Å². The second kappa shape index (κ2) is 5.34. The van der Waals surface area contributed by atoms with Crippen LogP contribution < -0.4 is 4.31 Å². The fourth-order valence-electron chi connectivity index (χ4n) is 2.90. The Morgan fingerprint density at radius 2 is 1.78 bits per heavy atom. The van der Waals surface area contributed by atoms with Gasteiger partial charge in [0.2, 0.25) is 0 Å². The van der Waals surface area contributed by atoms with E-state index in [-0.39, 0.29) is 11.4 Å². The van der Waals surface area contributed by atoms with Crippen molar-refractivity contribution >= 4 is 15.7 Å². The summed E-state index contributed by atoms with van der Waals surface area (Å²) in [7, 11) is -3.82. The summed E-state index contributed by atoms with van der Waals surface area (Å²) in [6.07, 6.45) is 0. The molecule has 0 N–H and O–H groups in total. The van der Waals surface area contributed by atoms with Gasteiger partial charge in [0.15, 0.2) is 0 Å². The van der Waals surface area contributed by atoms with Crippen LogP contribution in [-0.2, 0) is 10.0 Å². The molecule has 2 aromatic carbocycles. The van der Waals surface area contributed by atoms with Crippen LogP contribution in [0.2, 0.25) is 0 Å². The maximum absolute atomic E-state index is 12.9. The summed E-state index contributed by atoms with van der Waals surface area (Å²) in [6, 6.07) is 10.5. The monoisotopic (exact) mass is 332 g/mol. The van der Waals surface area contributed by atoms with Crippen LogP contribution in [0.15, 0.2) is 47.4 Å². The minimum Gasteiger partial charge on any atom is -0.264 e. The van der Waals surface area contributed by atoms with Crippen molar-refractivity contribution in [1.29, 1.82) is 0 Å². The van der Waals surface area contributed by atoms with Gasteiger partial charge in [-0.3, -0.25) is 14.4 Å². The number of hydrogen-bond donors (Lipinski definition) is 0. The second-order valence-electron chi connectivity index (χ2n) is 5.66.